The molecule has 0 aromatic heterocycles. The predicted molar refractivity (Wildman–Crippen MR) is 87.5 cm³/mol. The van der Waals surface area contributed by atoms with Crippen LogP contribution in [-0.2, 0) is 6.54 Å². The molecule has 2 heterocycles. The molecule has 3 rings (SSSR count). The van der Waals surface area contributed by atoms with Crippen LogP contribution in [0, 0.1) is 0 Å². The number of allylic oxidation sites excluding steroid dienone is 1. The third-order valence-corrected chi connectivity index (χ3v) is 4.73. The summed E-state index contributed by atoms with van der Waals surface area (Å²) in [5.74, 6) is 1.82. The van der Waals surface area contributed by atoms with E-state index < -0.39 is 0 Å². The number of methoxy groups -OCH3 is 1. The molecule has 1 aromatic rings. The van der Waals surface area contributed by atoms with E-state index in [4.69, 9.17) is 9.47 Å². The molecule has 1 aromatic carbocycles. The predicted octanol–water partition coefficient (Wildman–Crippen LogP) is 3.11. The molecule has 0 saturated carbocycles. The molecule has 1 atom stereocenters. The lowest BCUT2D eigenvalue weighted by molar-refractivity contribution is -0.903. The van der Waals surface area contributed by atoms with E-state index in [0.717, 1.165) is 54.4 Å². The summed E-state index contributed by atoms with van der Waals surface area (Å²) in [6.07, 6.45) is 6.36. The Labute approximate surface area is 132 Å². The van der Waals surface area contributed by atoms with Gasteiger partial charge in [-0.1, -0.05) is 19.9 Å². The summed E-state index contributed by atoms with van der Waals surface area (Å²) in [7, 11) is 1.73. The molecule has 2 aliphatic heterocycles. The van der Waals surface area contributed by atoms with Gasteiger partial charge in [-0.15, -0.1) is 0 Å². The van der Waals surface area contributed by atoms with Gasteiger partial charge in [-0.25, -0.2) is 0 Å². The van der Waals surface area contributed by atoms with Crippen molar-refractivity contribution in [3.05, 3.63) is 47.9 Å². The highest BCUT2D eigenvalue weighted by Gasteiger charge is 2.39. The number of fused-ring (bicyclic) bond motifs is 2. The Morgan fingerprint density at radius 1 is 1.27 bits per heavy atom. The lowest BCUT2D eigenvalue weighted by Gasteiger charge is -2.38. The molecule has 0 aliphatic carbocycles. The van der Waals surface area contributed by atoms with Crippen LogP contribution in [0.2, 0.25) is 0 Å². The van der Waals surface area contributed by atoms with Crippen molar-refractivity contribution >= 4 is 0 Å². The van der Waals surface area contributed by atoms with E-state index >= 15 is 0 Å². The van der Waals surface area contributed by atoms with E-state index in [9.17, 15) is 0 Å². The fourth-order valence-electron chi connectivity index (χ4n) is 3.37. The summed E-state index contributed by atoms with van der Waals surface area (Å²) < 4.78 is 12.4. The average molecular weight is 301 g/mol. The lowest BCUT2D eigenvalue weighted by atomic mass is 10.1. The molecular weight excluding hydrogens is 276 g/mol. The molecule has 0 saturated heterocycles. The second-order valence-electron chi connectivity index (χ2n) is 5.93. The molecular formula is C18H25N2O2+. The Hall–Kier alpha value is -1.78. The van der Waals surface area contributed by atoms with Crippen molar-refractivity contribution in [2.75, 3.05) is 33.4 Å². The third kappa shape index (κ3) is 2.53. The van der Waals surface area contributed by atoms with Crippen molar-refractivity contribution in [1.82, 2.24) is 4.90 Å². The monoisotopic (exact) mass is 301 g/mol. The van der Waals surface area contributed by atoms with E-state index in [-0.39, 0.29) is 0 Å². The van der Waals surface area contributed by atoms with Crippen LogP contribution in [0.3, 0.4) is 0 Å². The number of rotatable bonds is 5. The number of quaternary nitrogens is 1. The van der Waals surface area contributed by atoms with Gasteiger partial charge in [-0.2, -0.15) is 0 Å². The van der Waals surface area contributed by atoms with Gasteiger partial charge in [0.25, 0.3) is 0 Å². The second-order valence-corrected chi connectivity index (χ2v) is 5.93. The van der Waals surface area contributed by atoms with Crippen LogP contribution >= 0.6 is 0 Å². The molecule has 4 heteroatoms. The van der Waals surface area contributed by atoms with Crippen molar-refractivity contribution in [3.63, 3.8) is 0 Å². The first-order valence-corrected chi connectivity index (χ1v) is 8.00. The maximum atomic E-state index is 5.95. The summed E-state index contributed by atoms with van der Waals surface area (Å²) >= 11 is 0. The largest absolute Gasteiger partial charge is 0.496 e. The van der Waals surface area contributed by atoms with Crippen molar-refractivity contribution in [2.45, 2.75) is 20.4 Å². The van der Waals surface area contributed by atoms with Crippen LogP contribution in [0.5, 0.6) is 11.5 Å². The van der Waals surface area contributed by atoms with Gasteiger partial charge in [0.1, 0.15) is 31.3 Å². The summed E-state index contributed by atoms with van der Waals surface area (Å²) in [6.45, 7) is 9.45. The highest BCUT2D eigenvalue weighted by molar-refractivity contribution is 5.45. The maximum Gasteiger partial charge on any atom is 0.169 e. The summed E-state index contributed by atoms with van der Waals surface area (Å²) in [6, 6.07) is 6.02. The van der Waals surface area contributed by atoms with Crippen LogP contribution in [-0.4, -0.2) is 42.8 Å². The topological polar surface area (TPSA) is 21.7 Å². The van der Waals surface area contributed by atoms with Gasteiger partial charge in [0.15, 0.2) is 12.0 Å². The van der Waals surface area contributed by atoms with Gasteiger partial charge in [0.2, 0.25) is 0 Å². The SMILES string of the molecule is CCN(CC)C[N+]12CC=CC1=COc1cccc(OC)c1C2. The first-order valence-electron chi connectivity index (χ1n) is 8.00. The van der Waals surface area contributed by atoms with Crippen molar-refractivity contribution < 1.29 is 14.0 Å². The quantitative estimate of drug-likeness (QED) is 0.780. The Morgan fingerprint density at radius 2 is 2.09 bits per heavy atom. The van der Waals surface area contributed by atoms with E-state index in [1.165, 1.54) is 5.70 Å². The fourth-order valence-corrected chi connectivity index (χ4v) is 3.37. The molecule has 22 heavy (non-hydrogen) atoms. The zero-order valence-corrected chi connectivity index (χ0v) is 13.7. The molecule has 0 amide bonds. The zero-order valence-electron chi connectivity index (χ0n) is 13.7. The normalized spacial score (nSPS) is 22.6. The van der Waals surface area contributed by atoms with Crippen molar-refractivity contribution in [2.24, 2.45) is 0 Å². The minimum atomic E-state index is 0.884. The molecule has 118 valence electrons. The van der Waals surface area contributed by atoms with Crippen LogP contribution in [0.1, 0.15) is 19.4 Å². The highest BCUT2D eigenvalue weighted by atomic mass is 16.5. The number of ether oxygens (including phenoxy) is 2. The number of hydrogen-bond acceptors (Lipinski definition) is 3. The van der Waals surface area contributed by atoms with Crippen molar-refractivity contribution in [3.8, 4) is 11.5 Å². The second kappa shape index (κ2) is 6.15. The van der Waals surface area contributed by atoms with E-state index in [1.54, 1.807) is 7.11 Å². The minimum Gasteiger partial charge on any atom is -0.496 e. The smallest absolute Gasteiger partial charge is 0.169 e. The van der Waals surface area contributed by atoms with E-state index in [0.29, 0.717) is 0 Å². The van der Waals surface area contributed by atoms with Gasteiger partial charge in [0.05, 0.1) is 12.7 Å². The van der Waals surface area contributed by atoms with Crippen molar-refractivity contribution in [1.29, 1.82) is 0 Å². The van der Waals surface area contributed by atoms with E-state index in [2.05, 4.69) is 30.9 Å². The first-order chi connectivity index (χ1) is 10.7. The average Bonchev–Trinajstić information content (AvgIpc) is 2.87. The lowest BCUT2D eigenvalue weighted by Crippen LogP contribution is -2.50. The summed E-state index contributed by atoms with van der Waals surface area (Å²) in [5.41, 5.74) is 2.40. The Balaban J connectivity index is 2.00. The molecule has 0 radical (unpaired) electrons. The van der Waals surface area contributed by atoms with Crippen LogP contribution < -0.4 is 9.47 Å². The molecule has 0 fully saturated rings. The third-order valence-electron chi connectivity index (χ3n) is 4.73. The number of benzene rings is 1. The summed E-state index contributed by atoms with van der Waals surface area (Å²) in [4.78, 5) is 2.47. The fraction of sp³-hybridized carbons (Fsp3) is 0.444. The van der Waals surface area contributed by atoms with Crippen LogP contribution in [0.15, 0.2) is 42.3 Å². The Bertz CT molecular complexity index is 605. The molecule has 2 aliphatic rings. The van der Waals surface area contributed by atoms with Gasteiger partial charge < -0.3 is 9.47 Å². The van der Waals surface area contributed by atoms with Gasteiger partial charge >= 0.3 is 0 Å². The van der Waals surface area contributed by atoms with Gasteiger partial charge in [-0.3, -0.25) is 9.38 Å². The molecule has 4 nitrogen and oxygen atoms in total. The standard InChI is InChI=1S/C18H25N2O2/c1-4-19(5-2)14-20-11-7-8-15(20)13-22-18-10-6-9-17(21-3)16(18)12-20/h6-10,13H,4-5,11-12,14H2,1-3H3/q+1. The number of nitrogens with zero attached hydrogens (tertiary/aromatic N) is 2. The van der Waals surface area contributed by atoms with Crippen LogP contribution in [0.4, 0.5) is 0 Å². The zero-order chi connectivity index (χ0) is 15.6. The van der Waals surface area contributed by atoms with Gasteiger partial charge in [0, 0.05) is 19.2 Å². The Morgan fingerprint density at radius 3 is 2.82 bits per heavy atom. The number of hydrogen-bond donors (Lipinski definition) is 0. The molecule has 1 unspecified atom stereocenters. The molecule has 0 N–H and O–H groups in total. The summed E-state index contributed by atoms with van der Waals surface area (Å²) in [5, 5.41) is 0. The molecule has 0 bridgehead atoms. The first kappa shape index (κ1) is 15.1. The maximum absolute atomic E-state index is 5.95. The van der Waals surface area contributed by atoms with Crippen LogP contribution in [0.25, 0.3) is 0 Å². The Kier molecular flexibility index (Phi) is 4.23. The highest BCUT2D eigenvalue weighted by Crippen LogP contribution is 2.39. The van der Waals surface area contributed by atoms with Gasteiger partial charge in [-0.05, 0) is 18.2 Å². The van der Waals surface area contributed by atoms with E-state index in [1.807, 2.05) is 24.5 Å². The molecule has 0 spiro atoms. The minimum absolute atomic E-state index is 0.884.